The van der Waals surface area contributed by atoms with Crippen molar-refractivity contribution in [3.63, 3.8) is 0 Å². The van der Waals surface area contributed by atoms with Crippen molar-refractivity contribution in [2.24, 2.45) is 0 Å². The molecular formula is C25H21N3O6. The number of hydrogen-bond acceptors (Lipinski definition) is 9. The average Bonchev–Trinajstić information content (AvgIpc) is 2.87. The van der Waals surface area contributed by atoms with Gasteiger partial charge in [0, 0.05) is 11.6 Å². The lowest BCUT2D eigenvalue weighted by Gasteiger charge is -2.14. The number of benzene rings is 3. The van der Waals surface area contributed by atoms with Gasteiger partial charge in [0.1, 0.15) is 17.2 Å². The molecule has 0 atom stereocenters. The van der Waals surface area contributed by atoms with Crippen LogP contribution in [0.4, 0.5) is 0 Å². The fraction of sp³-hybridized carbons (Fsp3) is 0.120. The maximum atomic E-state index is 11.8. The number of carbonyl (C=O) groups is 1. The van der Waals surface area contributed by atoms with Gasteiger partial charge in [-0.15, -0.1) is 0 Å². The second-order valence-electron chi connectivity index (χ2n) is 7.23. The summed E-state index contributed by atoms with van der Waals surface area (Å²) in [6.07, 6.45) is 0. The summed E-state index contributed by atoms with van der Waals surface area (Å²) < 4.78 is 9.91. The maximum Gasteiger partial charge on any atom is 0.337 e. The van der Waals surface area contributed by atoms with Gasteiger partial charge in [0.2, 0.25) is 0 Å². The highest BCUT2D eigenvalue weighted by atomic mass is 16.5. The highest BCUT2D eigenvalue weighted by molar-refractivity contribution is 5.89. The summed E-state index contributed by atoms with van der Waals surface area (Å²) in [6.45, 7) is -0.402. The molecule has 0 aliphatic heterocycles. The van der Waals surface area contributed by atoms with Crippen LogP contribution in [0.5, 0.6) is 17.2 Å². The minimum Gasteiger partial charge on any atom is -0.507 e. The molecule has 1 aromatic heterocycles. The number of aromatic nitrogens is 3. The van der Waals surface area contributed by atoms with Crippen molar-refractivity contribution in [3.8, 4) is 51.4 Å². The van der Waals surface area contributed by atoms with Crippen LogP contribution in [0.25, 0.3) is 34.2 Å². The van der Waals surface area contributed by atoms with Crippen molar-refractivity contribution in [1.82, 2.24) is 15.0 Å². The molecule has 0 spiro atoms. The molecule has 0 amide bonds. The molecule has 0 saturated heterocycles. The van der Waals surface area contributed by atoms with Crippen LogP contribution in [0.1, 0.15) is 15.9 Å². The van der Waals surface area contributed by atoms with Crippen molar-refractivity contribution >= 4 is 5.97 Å². The molecule has 0 aliphatic carbocycles. The number of aliphatic hydroxyl groups excluding tert-OH is 1. The predicted octanol–water partition coefficient (Wildman–Crippen LogP) is 3.57. The first-order chi connectivity index (χ1) is 16.4. The summed E-state index contributed by atoms with van der Waals surface area (Å²) in [4.78, 5) is 25.3. The molecule has 1 heterocycles. The average molecular weight is 459 g/mol. The molecule has 3 aromatic carbocycles. The Morgan fingerprint density at radius 2 is 1.53 bits per heavy atom. The first-order valence-corrected chi connectivity index (χ1v) is 10.2. The molecular weight excluding hydrogens is 438 g/mol. The van der Waals surface area contributed by atoms with Gasteiger partial charge in [-0.3, -0.25) is 0 Å². The number of hydrogen-bond donors (Lipinski definition) is 3. The molecule has 0 saturated carbocycles. The van der Waals surface area contributed by atoms with Crippen LogP contribution in [0.15, 0.2) is 60.7 Å². The number of phenols is 2. The summed E-state index contributed by atoms with van der Waals surface area (Å²) >= 11 is 0. The number of carbonyl (C=O) groups excluding carboxylic acids is 1. The molecule has 9 nitrogen and oxygen atoms in total. The smallest absolute Gasteiger partial charge is 0.337 e. The van der Waals surface area contributed by atoms with E-state index < -0.39 is 12.6 Å². The number of ether oxygens (including phenoxy) is 2. The Kier molecular flexibility index (Phi) is 6.37. The van der Waals surface area contributed by atoms with Gasteiger partial charge in [0.15, 0.2) is 17.5 Å². The Balaban J connectivity index is 1.94. The zero-order valence-corrected chi connectivity index (χ0v) is 18.4. The lowest BCUT2D eigenvalue weighted by atomic mass is 10.0. The summed E-state index contributed by atoms with van der Waals surface area (Å²) in [5.74, 6) is 0.141. The van der Waals surface area contributed by atoms with E-state index in [0.717, 1.165) is 0 Å². The molecule has 0 unspecified atom stereocenters. The van der Waals surface area contributed by atoms with Gasteiger partial charge in [-0.1, -0.05) is 24.3 Å². The van der Waals surface area contributed by atoms with E-state index in [4.69, 9.17) is 9.47 Å². The van der Waals surface area contributed by atoms with E-state index in [9.17, 15) is 20.1 Å². The molecule has 9 heteroatoms. The Bertz CT molecular complexity index is 1360. The topological polar surface area (TPSA) is 135 Å². The van der Waals surface area contributed by atoms with Crippen molar-refractivity contribution < 1.29 is 29.6 Å². The third-order valence-corrected chi connectivity index (χ3v) is 5.15. The summed E-state index contributed by atoms with van der Waals surface area (Å²) in [6, 6.07) is 16.0. The summed E-state index contributed by atoms with van der Waals surface area (Å²) in [5, 5.41) is 31.0. The predicted molar refractivity (Wildman–Crippen MR) is 123 cm³/mol. The third kappa shape index (κ3) is 4.37. The third-order valence-electron chi connectivity index (χ3n) is 5.15. The highest BCUT2D eigenvalue weighted by Crippen LogP contribution is 2.37. The molecule has 0 fully saturated rings. The largest absolute Gasteiger partial charge is 0.507 e. The van der Waals surface area contributed by atoms with E-state index in [1.807, 2.05) is 0 Å². The van der Waals surface area contributed by atoms with Crippen molar-refractivity contribution in [2.75, 3.05) is 14.2 Å². The molecule has 0 aliphatic rings. The van der Waals surface area contributed by atoms with Crippen LogP contribution < -0.4 is 4.74 Å². The number of rotatable bonds is 6. The zero-order valence-electron chi connectivity index (χ0n) is 18.4. The lowest BCUT2D eigenvalue weighted by Crippen LogP contribution is -2.04. The molecule has 34 heavy (non-hydrogen) atoms. The van der Waals surface area contributed by atoms with E-state index in [0.29, 0.717) is 28.0 Å². The molecule has 4 aromatic rings. The van der Waals surface area contributed by atoms with E-state index in [1.165, 1.54) is 26.4 Å². The lowest BCUT2D eigenvalue weighted by molar-refractivity contribution is 0.0600. The van der Waals surface area contributed by atoms with Crippen LogP contribution in [-0.4, -0.2) is 50.5 Å². The van der Waals surface area contributed by atoms with Crippen LogP contribution >= 0.6 is 0 Å². The standard InChI is InChI=1S/C25H21N3O6/c1-33-17-11-16(13-29)21(20(31)12-17)24-27-22(14-7-9-15(10-8-14)25(32)34-2)26-23(28-24)18-5-3-4-6-19(18)30/h3-12,29-31H,13H2,1-2H3. The highest BCUT2D eigenvalue weighted by Gasteiger charge is 2.20. The van der Waals surface area contributed by atoms with Gasteiger partial charge in [-0.2, -0.15) is 0 Å². The Hall–Kier alpha value is -4.50. The van der Waals surface area contributed by atoms with Gasteiger partial charge in [-0.25, -0.2) is 19.7 Å². The molecule has 172 valence electrons. The molecule has 4 rings (SSSR count). The number of aromatic hydroxyl groups is 2. The second kappa shape index (κ2) is 9.55. The molecule has 3 N–H and O–H groups in total. The van der Waals surface area contributed by atoms with Gasteiger partial charge in [0.25, 0.3) is 0 Å². The molecule has 0 bridgehead atoms. The summed E-state index contributed by atoms with van der Waals surface area (Å²) in [7, 11) is 2.75. The first-order valence-electron chi connectivity index (χ1n) is 10.2. The SMILES string of the molecule is COC(=O)c1ccc(-c2nc(-c3ccccc3O)nc(-c3c(O)cc(OC)cc3CO)n2)cc1. The van der Waals surface area contributed by atoms with Crippen molar-refractivity contribution in [1.29, 1.82) is 0 Å². The minimum absolute atomic E-state index is 0.0343. The van der Waals surface area contributed by atoms with Crippen molar-refractivity contribution in [2.45, 2.75) is 6.61 Å². The van der Waals surface area contributed by atoms with Crippen LogP contribution in [-0.2, 0) is 11.3 Å². The minimum atomic E-state index is -0.478. The quantitative estimate of drug-likeness (QED) is 0.370. The van der Waals surface area contributed by atoms with Gasteiger partial charge >= 0.3 is 5.97 Å². The van der Waals surface area contributed by atoms with Crippen LogP contribution in [0.2, 0.25) is 0 Å². The Morgan fingerprint density at radius 1 is 0.853 bits per heavy atom. The number of phenolic OH excluding ortho intramolecular Hbond substituents is 2. The van der Waals surface area contributed by atoms with E-state index in [1.54, 1.807) is 48.5 Å². The Morgan fingerprint density at radius 3 is 2.18 bits per heavy atom. The van der Waals surface area contributed by atoms with Gasteiger partial charge < -0.3 is 24.8 Å². The number of para-hydroxylation sites is 1. The number of nitrogens with zero attached hydrogens (tertiary/aromatic N) is 3. The van der Waals surface area contributed by atoms with Gasteiger partial charge in [0.05, 0.1) is 37.5 Å². The normalized spacial score (nSPS) is 10.7. The molecule has 0 radical (unpaired) electrons. The fourth-order valence-corrected chi connectivity index (χ4v) is 3.43. The number of aliphatic hydroxyl groups is 1. The second-order valence-corrected chi connectivity index (χ2v) is 7.23. The van der Waals surface area contributed by atoms with E-state index in [-0.39, 0.29) is 34.5 Å². The zero-order chi connectivity index (χ0) is 24.2. The van der Waals surface area contributed by atoms with Crippen LogP contribution in [0.3, 0.4) is 0 Å². The van der Waals surface area contributed by atoms with E-state index in [2.05, 4.69) is 15.0 Å². The maximum absolute atomic E-state index is 11.8. The number of esters is 1. The van der Waals surface area contributed by atoms with Crippen LogP contribution in [0, 0.1) is 0 Å². The van der Waals surface area contributed by atoms with Gasteiger partial charge in [-0.05, 0) is 35.9 Å². The first kappa shape index (κ1) is 22.7. The summed E-state index contributed by atoms with van der Waals surface area (Å²) in [5.41, 5.74) is 1.83. The number of methoxy groups -OCH3 is 2. The monoisotopic (exact) mass is 459 g/mol. The van der Waals surface area contributed by atoms with E-state index >= 15 is 0 Å². The Labute approximate surface area is 194 Å². The van der Waals surface area contributed by atoms with Crippen molar-refractivity contribution in [3.05, 3.63) is 71.8 Å². The fourth-order valence-electron chi connectivity index (χ4n) is 3.43.